The third-order valence-electron chi connectivity index (χ3n) is 5.61. The van der Waals surface area contributed by atoms with Gasteiger partial charge in [-0.05, 0) is 47.5 Å². The summed E-state index contributed by atoms with van der Waals surface area (Å²) in [4.78, 5) is 22.7. The van der Waals surface area contributed by atoms with Gasteiger partial charge in [0.05, 0.1) is 34.3 Å². The quantitative estimate of drug-likeness (QED) is 0.476. The molecule has 2 aromatic carbocycles. The second-order valence-electron chi connectivity index (χ2n) is 7.88. The molecule has 0 aliphatic carbocycles. The summed E-state index contributed by atoms with van der Waals surface area (Å²) in [6.45, 7) is 1.65. The summed E-state index contributed by atoms with van der Waals surface area (Å²) in [7, 11) is 1.44. The van der Waals surface area contributed by atoms with Crippen molar-refractivity contribution in [1.29, 1.82) is 0 Å². The van der Waals surface area contributed by atoms with Crippen molar-refractivity contribution < 1.29 is 32.4 Å². The summed E-state index contributed by atoms with van der Waals surface area (Å²) < 4.78 is 47.7. The molecular formula is C22H17Cl3F3N3O4. The van der Waals surface area contributed by atoms with Crippen molar-refractivity contribution in [2.75, 3.05) is 7.11 Å². The van der Waals surface area contributed by atoms with Crippen LogP contribution in [0.3, 0.4) is 0 Å². The van der Waals surface area contributed by atoms with Crippen molar-refractivity contribution in [3.63, 3.8) is 0 Å². The minimum atomic E-state index is -4.85. The summed E-state index contributed by atoms with van der Waals surface area (Å²) in [6, 6.07) is 6.65. The third kappa shape index (κ3) is 4.74. The van der Waals surface area contributed by atoms with Gasteiger partial charge in [-0.1, -0.05) is 46.0 Å². The average molecular weight is 551 g/mol. The third-order valence-corrected chi connectivity index (χ3v) is 6.81. The Morgan fingerprint density at radius 3 is 2.43 bits per heavy atom. The highest BCUT2D eigenvalue weighted by Crippen LogP contribution is 2.50. The molecule has 0 radical (unpaired) electrons. The van der Waals surface area contributed by atoms with Gasteiger partial charge in [-0.3, -0.25) is 4.79 Å². The Morgan fingerprint density at radius 1 is 1.17 bits per heavy atom. The number of aryl methyl sites for hydroxylation is 1. The largest absolute Gasteiger partial charge is 0.482 e. The number of alkyl halides is 3. The van der Waals surface area contributed by atoms with Gasteiger partial charge >= 0.3 is 6.18 Å². The van der Waals surface area contributed by atoms with Gasteiger partial charge in [0.15, 0.2) is 0 Å². The van der Waals surface area contributed by atoms with Gasteiger partial charge < -0.3 is 19.7 Å². The zero-order valence-corrected chi connectivity index (χ0v) is 20.4. The zero-order chi connectivity index (χ0) is 25.5. The lowest BCUT2D eigenvalue weighted by Crippen LogP contribution is -2.42. The number of hydrogen-bond acceptors (Lipinski definition) is 6. The molecule has 2 aromatic rings. The van der Waals surface area contributed by atoms with Crippen LogP contribution in [-0.4, -0.2) is 37.0 Å². The van der Waals surface area contributed by atoms with Crippen LogP contribution in [-0.2, 0) is 20.0 Å². The summed E-state index contributed by atoms with van der Waals surface area (Å²) >= 11 is 17.8. The highest BCUT2D eigenvalue weighted by molar-refractivity contribution is 6.48. The number of oxime groups is 2. The van der Waals surface area contributed by atoms with E-state index in [1.165, 1.54) is 19.2 Å². The Kier molecular flexibility index (Phi) is 6.82. The van der Waals surface area contributed by atoms with Crippen molar-refractivity contribution in [1.82, 2.24) is 5.32 Å². The Hall–Kier alpha value is -2.69. The topological polar surface area (TPSA) is 81.5 Å². The Bertz CT molecular complexity index is 1230. The Labute approximate surface area is 212 Å². The molecule has 186 valence electrons. The Morgan fingerprint density at radius 2 is 1.86 bits per heavy atom. The van der Waals surface area contributed by atoms with E-state index in [4.69, 9.17) is 49.2 Å². The molecule has 13 heteroatoms. The molecule has 0 saturated carbocycles. The molecule has 35 heavy (non-hydrogen) atoms. The normalized spacial score (nSPS) is 21.7. The maximum absolute atomic E-state index is 14.3. The van der Waals surface area contributed by atoms with Crippen molar-refractivity contribution in [2.24, 2.45) is 10.3 Å². The van der Waals surface area contributed by atoms with Gasteiger partial charge in [-0.25, -0.2) is 0 Å². The molecule has 1 N–H and O–H groups in total. The molecule has 1 amide bonds. The van der Waals surface area contributed by atoms with Crippen LogP contribution in [0.1, 0.15) is 39.9 Å². The highest BCUT2D eigenvalue weighted by Gasteiger charge is 2.62. The average Bonchev–Trinajstić information content (AvgIpc) is 3.44. The molecule has 0 bridgehead atoms. The van der Waals surface area contributed by atoms with E-state index in [-0.39, 0.29) is 32.8 Å². The van der Waals surface area contributed by atoms with Crippen molar-refractivity contribution in [3.05, 3.63) is 67.7 Å². The van der Waals surface area contributed by atoms with E-state index >= 15 is 0 Å². The molecule has 4 rings (SSSR count). The fraction of sp³-hybridized carbons (Fsp3) is 0.318. The van der Waals surface area contributed by atoms with E-state index in [1.54, 1.807) is 13.0 Å². The van der Waals surface area contributed by atoms with Crippen molar-refractivity contribution >= 4 is 52.3 Å². The first-order valence-corrected chi connectivity index (χ1v) is 11.2. The van der Waals surface area contributed by atoms with Gasteiger partial charge in [-0.2, -0.15) is 13.2 Å². The molecule has 2 heterocycles. The van der Waals surface area contributed by atoms with E-state index < -0.39 is 30.3 Å². The zero-order valence-electron chi connectivity index (χ0n) is 18.2. The van der Waals surface area contributed by atoms with Gasteiger partial charge in [0.1, 0.15) is 0 Å². The second-order valence-corrected chi connectivity index (χ2v) is 9.07. The van der Waals surface area contributed by atoms with Crippen LogP contribution in [0.25, 0.3) is 0 Å². The van der Waals surface area contributed by atoms with E-state index in [1.807, 2.05) is 0 Å². The number of benzene rings is 2. The van der Waals surface area contributed by atoms with Crippen LogP contribution in [0.4, 0.5) is 13.2 Å². The number of methoxy groups -OCH3 is 1. The highest BCUT2D eigenvalue weighted by atomic mass is 35.5. The fourth-order valence-electron chi connectivity index (χ4n) is 3.72. The van der Waals surface area contributed by atoms with Gasteiger partial charge in [0, 0.05) is 17.5 Å². The maximum Gasteiger partial charge on any atom is 0.435 e. The molecule has 1 unspecified atom stereocenters. The first-order valence-electron chi connectivity index (χ1n) is 10.1. The summed E-state index contributed by atoms with van der Waals surface area (Å²) in [5, 5.41) is 9.72. The number of amides is 1. The van der Waals surface area contributed by atoms with E-state index in [0.29, 0.717) is 22.6 Å². The molecular weight excluding hydrogens is 534 g/mol. The number of rotatable bonds is 4. The van der Waals surface area contributed by atoms with Gasteiger partial charge in [0.25, 0.3) is 11.5 Å². The minimum Gasteiger partial charge on any atom is -0.482 e. The number of nitrogens with zero attached hydrogens (tertiary/aromatic N) is 2. The molecule has 7 nitrogen and oxygen atoms in total. The van der Waals surface area contributed by atoms with Crippen LogP contribution in [0.15, 0.2) is 40.6 Å². The summed E-state index contributed by atoms with van der Waals surface area (Å²) in [5.74, 6) is -0.0932. The van der Waals surface area contributed by atoms with Gasteiger partial charge in [0.2, 0.25) is 12.1 Å². The van der Waals surface area contributed by atoms with Crippen LogP contribution >= 0.6 is 34.8 Å². The molecule has 0 saturated heterocycles. The number of ether oxygens (including phenoxy) is 1. The molecule has 2 aliphatic rings. The van der Waals surface area contributed by atoms with E-state index in [0.717, 1.165) is 12.1 Å². The summed E-state index contributed by atoms with van der Waals surface area (Å²) in [6.07, 6.45) is -5.90. The lowest BCUT2D eigenvalue weighted by atomic mass is 9.86. The lowest BCUT2D eigenvalue weighted by molar-refractivity contribution is -0.275. The molecule has 0 aromatic heterocycles. The smallest absolute Gasteiger partial charge is 0.435 e. The van der Waals surface area contributed by atoms with Gasteiger partial charge in [-0.15, -0.1) is 0 Å². The molecule has 0 fully saturated rings. The first-order chi connectivity index (χ1) is 16.4. The number of halogens is 6. The van der Waals surface area contributed by atoms with Crippen LogP contribution in [0, 0.1) is 6.92 Å². The van der Waals surface area contributed by atoms with E-state index in [9.17, 15) is 18.0 Å². The second kappa shape index (κ2) is 9.40. The fourth-order valence-corrected chi connectivity index (χ4v) is 4.32. The molecule has 2 atom stereocenters. The molecule has 0 spiro atoms. The summed E-state index contributed by atoms with van der Waals surface area (Å²) in [5.41, 5.74) is -1.92. The minimum absolute atomic E-state index is 0.0387. The Balaban J connectivity index is 1.56. The van der Waals surface area contributed by atoms with Crippen LogP contribution in [0.5, 0.6) is 0 Å². The number of hydrogen-bond donors (Lipinski definition) is 1. The molecule has 2 aliphatic heterocycles. The standard InChI is InChI=1S/C22H17Cl3F3N3O4/c1-10-5-11(3-4-13(10)20(32)29-17-8-18(33-2)31-34-17)16-9-21(35-30-16,22(26,27)28)12-6-14(23)19(25)15(24)7-12/h3-7,17H,8-9H2,1-2H3,(H,29,32)/t17?,21-/m0/s1. The van der Waals surface area contributed by atoms with Crippen LogP contribution < -0.4 is 5.32 Å². The lowest BCUT2D eigenvalue weighted by Gasteiger charge is -2.30. The van der Waals surface area contributed by atoms with Crippen molar-refractivity contribution in [3.8, 4) is 0 Å². The number of carbonyl (C=O) groups excluding carboxylic acids is 1. The van der Waals surface area contributed by atoms with E-state index in [2.05, 4.69) is 15.6 Å². The number of carbonyl (C=O) groups is 1. The predicted molar refractivity (Wildman–Crippen MR) is 124 cm³/mol. The predicted octanol–water partition coefficient (Wildman–Crippen LogP) is 5.97. The van der Waals surface area contributed by atoms with Crippen LogP contribution in [0.2, 0.25) is 15.1 Å². The first kappa shape index (κ1) is 25.4. The van der Waals surface area contributed by atoms with Crippen molar-refractivity contribution in [2.45, 2.75) is 37.8 Å². The maximum atomic E-state index is 14.3. The number of nitrogens with one attached hydrogen (secondary N) is 1. The SMILES string of the molecule is COC1=NOC(NC(=O)c2ccc(C3=NO[C@@](c4cc(Cl)c(Cl)c(Cl)c4)(C(F)(F)F)C3)cc2C)C1. The monoisotopic (exact) mass is 549 g/mol.